The van der Waals surface area contributed by atoms with Gasteiger partial charge >= 0.3 is 0 Å². The van der Waals surface area contributed by atoms with E-state index < -0.39 is 4.92 Å². The maximum Gasteiger partial charge on any atom is 0.270 e. The molecule has 0 radical (unpaired) electrons. The van der Waals surface area contributed by atoms with Gasteiger partial charge in [0, 0.05) is 41.9 Å². The van der Waals surface area contributed by atoms with Crippen LogP contribution in [-0.2, 0) is 0 Å². The molecular formula is C23H22N2O4. The zero-order valence-corrected chi connectivity index (χ0v) is 16.3. The topological polar surface area (TPSA) is 72.7 Å². The van der Waals surface area contributed by atoms with E-state index in [1.54, 1.807) is 25.3 Å². The summed E-state index contributed by atoms with van der Waals surface area (Å²) in [5.41, 5.74) is 1.57. The number of nitrogens with zero attached hydrogens (tertiary/aromatic N) is 2. The van der Waals surface area contributed by atoms with Gasteiger partial charge in [0.25, 0.3) is 5.69 Å². The average molecular weight is 390 g/mol. The monoisotopic (exact) mass is 390 g/mol. The van der Waals surface area contributed by atoms with Crippen molar-refractivity contribution in [2.45, 2.75) is 19.3 Å². The Morgan fingerprint density at radius 1 is 0.966 bits per heavy atom. The fourth-order valence-corrected chi connectivity index (χ4v) is 4.02. The number of nitro benzene ring substituents is 1. The summed E-state index contributed by atoms with van der Waals surface area (Å²) in [6, 6.07) is 15.7. The first kappa shape index (κ1) is 18.9. The van der Waals surface area contributed by atoms with Crippen LogP contribution in [0.3, 0.4) is 0 Å². The number of benzene rings is 3. The lowest BCUT2D eigenvalue weighted by molar-refractivity contribution is -0.384. The van der Waals surface area contributed by atoms with Crippen LogP contribution in [0.4, 0.5) is 11.4 Å². The van der Waals surface area contributed by atoms with Crippen molar-refractivity contribution in [3.05, 3.63) is 75.8 Å². The van der Waals surface area contributed by atoms with Crippen molar-refractivity contribution in [1.29, 1.82) is 0 Å². The molecule has 0 bridgehead atoms. The van der Waals surface area contributed by atoms with E-state index in [9.17, 15) is 14.9 Å². The van der Waals surface area contributed by atoms with Gasteiger partial charge in [-0.05, 0) is 42.8 Å². The minimum absolute atomic E-state index is 0.0769. The number of non-ortho nitro benzene ring substituents is 1. The van der Waals surface area contributed by atoms with Gasteiger partial charge in [0.1, 0.15) is 5.75 Å². The maximum absolute atomic E-state index is 13.6. The molecule has 0 aromatic heterocycles. The second-order valence-corrected chi connectivity index (χ2v) is 7.20. The molecule has 1 aliphatic rings. The third kappa shape index (κ3) is 3.53. The number of hydrogen-bond donors (Lipinski definition) is 0. The maximum atomic E-state index is 13.6. The minimum atomic E-state index is -0.455. The lowest BCUT2D eigenvalue weighted by Crippen LogP contribution is -2.30. The molecule has 0 atom stereocenters. The second-order valence-electron chi connectivity index (χ2n) is 7.20. The summed E-state index contributed by atoms with van der Waals surface area (Å²) >= 11 is 0. The van der Waals surface area contributed by atoms with Gasteiger partial charge < -0.3 is 9.64 Å². The van der Waals surface area contributed by atoms with E-state index in [1.807, 2.05) is 24.3 Å². The number of hydrogen-bond acceptors (Lipinski definition) is 5. The summed E-state index contributed by atoms with van der Waals surface area (Å²) in [6.45, 7) is 1.70. The molecule has 4 rings (SSSR count). The number of ether oxygens (including phenoxy) is 1. The standard InChI is InChI=1S/C23H22N2O4/c1-29-22-12-10-19(17-7-3-4-8-18(17)22)23(26)20-15-16(25(27)28)9-11-21(20)24-13-5-2-6-14-24/h3-4,7-12,15H,2,5-6,13-14H2,1H3. The first-order chi connectivity index (χ1) is 14.1. The number of carbonyl (C=O) groups is 1. The quantitative estimate of drug-likeness (QED) is 0.349. The number of rotatable bonds is 5. The van der Waals surface area contributed by atoms with Crippen LogP contribution in [0.2, 0.25) is 0 Å². The van der Waals surface area contributed by atoms with Gasteiger partial charge in [-0.2, -0.15) is 0 Å². The third-order valence-electron chi connectivity index (χ3n) is 5.48. The second kappa shape index (κ2) is 7.91. The first-order valence-electron chi connectivity index (χ1n) is 9.74. The van der Waals surface area contributed by atoms with Gasteiger partial charge in [-0.25, -0.2) is 0 Å². The highest BCUT2D eigenvalue weighted by atomic mass is 16.6. The van der Waals surface area contributed by atoms with Gasteiger partial charge in [0.2, 0.25) is 0 Å². The fourth-order valence-electron chi connectivity index (χ4n) is 4.02. The van der Waals surface area contributed by atoms with E-state index in [0.29, 0.717) is 16.9 Å². The van der Waals surface area contributed by atoms with Crippen LogP contribution >= 0.6 is 0 Å². The molecule has 0 saturated carbocycles. The van der Waals surface area contributed by atoms with Crippen molar-refractivity contribution < 1.29 is 14.5 Å². The van der Waals surface area contributed by atoms with Gasteiger partial charge in [-0.1, -0.05) is 24.3 Å². The highest BCUT2D eigenvalue weighted by molar-refractivity contribution is 6.19. The Morgan fingerprint density at radius 2 is 1.69 bits per heavy atom. The summed E-state index contributed by atoms with van der Waals surface area (Å²) in [5, 5.41) is 13.0. The molecule has 148 valence electrons. The zero-order valence-electron chi connectivity index (χ0n) is 16.3. The summed E-state index contributed by atoms with van der Waals surface area (Å²) in [5.74, 6) is 0.473. The van der Waals surface area contributed by atoms with E-state index in [2.05, 4.69) is 4.90 Å². The van der Waals surface area contributed by atoms with Crippen molar-refractivity contribution >= 4 is 27.9 Å². The lowest BCUT2D eigenvalue weighted by atomic mass is 9.94. The van der Waals surface area contributed by atoms with Crippen LogP contribution in [0.25, 0.3) is 10.8 Å². The van der Waals surface area contributed by atoms with E-state index in [1.165, 1.54) is 12.1 Å². The number of piperidine rings is 1. The Balaban J connectivity index is 1.87. The van der Waals surface area contributed by atoms with E-state index in [-0.39, 0.29) is 11.5 Å². The van der Waals surface area contributed by atoms with E-state index in [4.69, 9.17) is 4.74 Å². The number of anilines is 1. The molecule has 6 nitrogen and oxygen atoms in total. The number of nitro groups is 1. The third-order valence-corrected chi connectivity index (χ3v) is 5.48. The normalized spacial score (nSPS) is 14.0. The molecule has 0 unspecified atom stereocenters. The predicted octanol–water partition coefficient (Wildman–Crippen LogP) is 4.98. The fraction of sp³-hybridized carbons (Fsp3) is 0.261. The number of ketones is 1. The predicted molar refractivity (Wildman–Crippen MR) is 113 cm³/mol. The zero-order chi connectivity index (χ0) is 20.4. The first-order valence-corrected chi connectivity index (χ1v) is 9.74. The van der Waals surface area contributed by atoms with Crippen LogP contribution in [-0.4, -0.2) is 30.9 Å². The summed E-state index contributed by atoms with van der Waals surface area (Å²) in [7, 11) is 1.60. The molecule has 6 heteroatoms. The van der Waals surface area contributed by atoms with Crippen molar-refractivity contribution in [1.82, 2.24) is 0 Å². The Bertz CT molecular complexity index is 1090. The Kier molecular flexibility index (Phi) is 5.16. The van der Waals surface area contributed by atoms with Crippen LogP contribution in [0, 0.1) is 10.1 Å². The van der Waals surface area contributed by atoms with Crippen LogP contribution in [0.1, 0.15) is 35.2 Å². The van der Waals surface area contributed by atoms with Crippen LogP contribution in [0.5, 0.6) is 5.75 Å². The molecule has 3 aromatic carbocycles. The van der Waals surface area contributed by atoms with Crippen LogP contribution < -0.4 is 9.64 Å². The number of fused-ring (bicyclic) bond motifs is 1. The van der Waals surface area contributed by atoms with Gasteiger partial charge in [-0.3, -0.25) is 14.9 Å². The Hall–Kier alpha value is -3.41. The highest BCUT2D eigenvalue weighted by Crippen LogP contribution is 2.34. The van der Waals surface area contributed by atoms with Crippen molar-refractivity contribution in [2.75, 3.05) is 25.1 Å². The van der Waals surface area contributed by atoms with Gasteiger partial charge in [0.15, 0.2) is 5.78 Å². The molecule has 1 saturated heterocycles. The van der Waals surface area contributed by atoms with Crippen molar-refractivity contribution in [2.24, 2.45) is 0 Å². The molecule has 0 amide bonds. The molecule has 0 N–H and O–H groups in total. The molecule has 1 aliphatic heterocycles. The van der Waals surface area contributed by atoms with Crippen molar-refractivity contribution in [3.8, 4) is 5.75 Å². The number of methoxy groups -OCH3 is 1. The summed E-state index contributed by atoms with van der Waals surface area (Å²) < 4.78 is 5.43. The number of carbonyl (C=O) groups excluding carboxylic acids is 1. The molecule has 1 fully saturated rings. The molecule has 0 aliphatic carbocycles. The summed E-state index contributed by atoms with van der Waals surface area (Å²) in [6.07, 6.45) is 3.27. The highest BCUT2D eigenvalue weighted by Gasteiger charge is 2.24. The van der Waals surface area contributed by atoms with Gasteiger partial charge in [0.05, 0.1) is 17.6 Å². The minimum Gasteiger partial charge on any atom is -0.496 e. The molecule has 0 spiro atoms. The smallest absolute Gasteiger partial charge is 0.270 e. The van der Waals surface area contributed by atoms with Crippen molar-refractivity contribution in [3.63, 3.8) is 0 Å². The molecular weight excluding hydrogens is 368 g/mol. The lowest BCUT2D eigenvalue weighted by Gasteiger charge is -2.30. The SMILES string of the molecule is COc1ccc(C(=O)c2cc([N+](=O)[O-])ccc2N2CCCCC2)c2ccccc12. The Labute approximate surface area is 168 Å². The van der Waals surface area contributed by atoms with Crippen LogP contribution in [0.15, 0.2) is 54.6 Å². The summed E-state index contributed by atoms with van der Waals surface area (Å²) in [4.78, 5) is 26.7. The average Bonchev–Trinajstić information content (AvgIpc) is 2.78. The molecule has 29 heavy (non-hydrogen) atoms. The molecule has 3 aromatic rings. The molecule has 1 heterocycles. The van der Waals surface area contributed by atoms with E-state index >= 15 is 0 Å². The van der Waals surface area contributed by atoms with E-state index in [0.717, 1.165) is 48.8 Å². The Morgan fingerprint density at radius 3 is 2.38 bits per heavy atom. The van der Waals surface area contributed by atoms with Gasteiger partial charge in [-0.15, -0.1) is 0 Å². The largest absolute Gasteiger partial charge is 0.496 e.